The Hall–Kier alpha value is -0.100. The van der Waals surface area contributed by atoms with Crippen LogP contribution >= 0.6 is 7.14 Å². The third kappa shape index (κ3) is 3.21. The Morgan fingerprint density at radius 2 is 1.45 bits per heavy atom. The molecule has 0 aromatic carbocycles. The number of hydrogen-bond acceptors (Lipinski definition) is 2. The predicted octanol–water partition coefficient (Wildman–Crippen LogP) is 5.16. The van der Waals surface area contributed by atoms with Crippen LogP contribution in [0.2, 0.25) is 0 Å². The summed E-state index contributed by atoms with van der Waals surface area (Å²) in [5.74, 6) is 1.55. The van der Waals surface area contributed by atoms with Crippen LogP contribution in [0.25, 0.3) is 0 Å². The fraction of sp³-hybridized carbons (Fsp3) is 0.941. The molecule has 3 unspecified atom stereocenters. The molecule has 0 aromatic heterocycles. The van der Waals surface area contributed by atoms with Crippen LogP contribution in [0.5, 0.6) is 0 Å². The van der Waals surface area contributed by atoms with E-state index in [9.17, 15) is 9.36 Å². The second-order valence-corrected chi connectivity index (χ2v) is 10.8. The Balaban J connectivity index is 2.14. The minimum absolute atomic E-state index is 0.0453. The van der Waals surface area contributed by atoms with Gasteiger partial charge in [-0.3, -0.25) is 4.79 Å². The first-order valence-corrected chi connectivity index (χ1v) is 10.7. The van der Waals surface area contributed by atoms with Crippen molar-refractivity contribution >= 4 is 12.7 Å². The predicted molar refractivity (Wildman–Crippen MR) is 85.6 cm³/mol. The first kappa shape index (κ1) is 16.3. The van der Waals surface area contributed by atoms with E-state index < -0.39 is 7.14 Å². The van der Waals surface area contributed by atoms with Crippen molar-refractivity contribution in [3.8, 4) is 0 Å². The molecule has 0 spiro atoms. The molecule has 2 aliphatic carbocycles. The quantitative estimate of drug-likeness (QED) is 0.675. The molecule has 2 saturated carbocycles. The van der Waals surface area contributed by atoms with Crippen molar-refractivity contribution in [2.24, 2.45) is 23.7 Å². The molecule has 0 heterocycles. The second kappa shape index (κ2) is 6.34. The van der Waals surface area contributed by atoms with Crippen molar-refractivity contribution in [3.63, 3.8) is 0 Å². The van der Waals surface area contributed by atoms with E-state index in [1.165, 1.54) is 6.42 Å². The standard InChI is InChI=1S/C17H31O2P/c1-12-10-13(2)16(14(3)11-12)17(18)20(4,19)15-8-6-5-7-9-15/h12-16H,5-11H2,1-4H3. The Labute approximate surface area is 124 Å². The van der Waals surface area contributed by atoms with E-state index in [0.29, 0.717) is 17.8 Å². The molecule has 2 nitrogen and oxygen atoms in total. The number of hydrogen-bond donors (Lipinski definition) is 0. The van der Waals surface area contributed by atoms with Gasteiger partial charge in [-0.1, -0.05) is 40.0 Å². The van der Waals surface area contributed by atoms with Crippen molar-refractivity contribution in [2.75, 3.05) is 6.66 Å². The van der Waals surface area contributed by atoms with E-state index in [1.54, 1.807) is 6.66 Å². The van der Waals surface area contributed by atoms with Crippen molar-refractivity contribution < 1.29 is 9.36 Å². The average molecular weight is 298 g/mol. The van der Waals surface area contributed by atoms with Crippen LogP contribution in [-0.4, -0.2) is 17.8 Å². The van der Waals surface area contributed by atoms with Gasteiger partial charge in [-0.05, 0) is 50.1 Å². The summed E-state index contributed by atoms with van der Waals surface area (Å²) in [7, 11) is -2.66. The van der Waals surface area contributed by atoms with Crippen LogP contribution < -0.4 is 0 Å². The molecule has 2 aliphatic rings. The zero-order chi connectivity index (χ0) is 14.9. The molecule has 3 atom stereocenters. The molecule has 0 amide bonds. The van der Waals surface area contributed by atoms with Crippen molar-refractivity contribution in [1.82, 2.24) is 0 Å². The molecule has 0 aromatic rings. The molecular weight excluding hydrogens is 267 g/mol. The zero-order valence-corrected chi connectivity index (χ0v) is 14.5. The lowest BCUT2D eigenvalue weighted by Gasteiger charge is -2.39. The van der Waals surface area contributed by atoms with Crippen LogP contribution in [0.1, 0.15) is 65.7 Å². The molecular formula is C17H31O2P. The Bertz CT molecular complexity index is 386. The lowest BCUT2D eigenvalue weighted by molar-refractivity contribution is -0.120. The lowest BCUT2D eigenvalue weighted by Crippen LogP contribution is -2.36. The second-order valence-electron chi connectivity index (χ2n) is 7.68. The van der Waals surface area contributed by atoms with E-state index in [2.05, 4.69) is 20.8 Å². The van der Waals surface area contributed by atoms with E-state index in [4.69, 9.17) is 0 Å². The van der Waals surface area contributed by atoms with Gasteiger partial charge in [0.05, 0.1) is 0 Å². The molecule has 0 aliphatic heterocycles. The Morgan fingerprint density at radius 3 is 1.95 bits per heavy atom. The molecule has 0 bridgehead atoms. The van der Waals surface area contributed by atoms with Gasteiger partial charge in [-0.2, -0.15) is 0 Å². The van der Waals surface area contributed by atoms with E-state index in [0.717, 1.165) is 38.5 Å². The van der Waals surface area contributed by atoms with Gasteiger partial charge in [0.2, 0.25) is 0 Å². The van der Waals surface area contributed by atoms with Crippen LogP contribution in [-0.2, 0) is 9.36 Å². The van der Waals surface area contributed by atoms with E-state index >= 15 is 0 Å². The van der Waals surface area contributed by atoms with Gasteiger partial charge < -0.3 is 4.57 Å². The lowest BCUT2D eigenvalue weighted by atomic mass is 9.70. The minimum atomic E-state index is -2.66. The van der Waals surface area contributed by atoms with Gasteiger partial charge in [-0.15, -0.1) is 0 Å². The van der Waals surface area contributed by atoms with Crippen molar-refractivity contribution in [1.29, 1.82) is 0 Å². The molecule has 3 heteroatoms. The van der Waals surface area contributed by atoms with Gasteiger partial charge in [0, 0.05) is 11.6 Å². The first-order chi connectivity index (χ1) is 9.34. The van der Waals surface area contributed by atoms with Gasteiger partial charge in [-0.25, -0.2) is 0 Å². The maximum Gasteiger partial charge on any atom is 0.195 e. The first-order valence-electron chi connectivity index (χ1n) is 8.45. The summed E-state index contributed by atoms with van der Waals surface area (Å²) in [5.41, 5.74) is 0.318. The van der Waals surface area contributed by atoms with Crippen LogP contribution in [0.3, 0.4) is 0 Å². The molecule has 0 N–H and O–H groups in total. The third-order valence-electron chi connectivity index (χ3n) is 5.77. The molecule has 2 rings (SSSR count). The van der Waals surface area contributed by atoms with Crippen LogP contribution in [0.4, 0.5) is 0 Å². The average Bonchev–Trinajstić information content (AvgIpc) is 2.38. The van der Waals surface area contributed by atoms with Crippen LogP contribution in [0.15, 0.2) is 0 Å². The topological polar surface area (TPSA) is 34.1 Å². The van der Waals surface area contributed by atoms with Crippen molar-refractivity contribution in [2.45, 2.75) is 71.4 Å². The van der Waals surface area contributed by atoms with Crippen LogP contribution in [0, 0.1) is 23.7 Å². The minimum Gasteiger partial charge on any atom is -0.316 e. The molecule has 116 valence electrons. The van der Waals surface area contributed by atoms with Gasteiger partial charge in [0.1, 0.15) is 7.14 Å². The molecule has 0 radical (unpaired) electrons. The normalized spacial score (nSPS) is 39.2. The van der Waals surface area contributed by atoms with Gasteiger partial charge in [0.15, 0.2) is 5.52 Å². The van der Waals surface area contributed by atoms with Gasteiger partial charge in [0.25, 0.3) is 0 Å². The molecule has 0 saturated heterocycles. The fourth-order valence-electron chi connectivity index (χ4n) is 4.76. The number of rotatable bonds is 3. The summed E-state index contributed by atoms with van der Waals surface area (Å²) in [4.78, 5) is 13.0. The maximum atomic E-state index is 13.2. The summed E-state index contributed by atoms with van der Waals surface area (Å²) in [6.45, 7) is 8.45. The third-order valence-corrected chi connectivity index (χ3v) is 8.85. The van der Waals surface area contributed by atoms with E-state index in [1.807, 2.05) is 0 Å². The van der Waals surface area contributed by atoms with E-state index in [-0.39, 0.29) is 17.1 Å². The van der Waals surface area contributed by atoms with Gasteiger partial charge >= 0.3 is 0 Å². The zero-order valence-electron chi connectivity index (χ0n) is 13.6. The Kier molecular flexibility index (Phi) is 5.16. The summed E-state index contributed by atoms with van der Waals surface area (Å²) >= 11 is 0. The van der Waals surface area contributed by atoms with Crippen molar-refractivity contribution in [3.05, 3.63) is 0 Å². The summed E-state index contributed by atoms with van der Waals surface area (Å²) in [6, 6.07) is 0. The highest BCUT2D eigenvalue weighted by Gasteiger charge is 2.45. The Morgan fingerprint density at radius 1 is 0.950 bits per heavy atom. The fourth-order valence-corrected chi connectivity index (χ4v) is 7.57. The maximum absolute atomic E-state index is 13.2. The monoisotopic (exact) mass is 298 g/mol. The molecule has 20 heavy (non-hydrogen) atoms. The number of carbonyl (C=O) groups excluding carboxylic acids is 1. The SMILES string of the molecule is CC1CC(C)C(C(=O)P(C)(=O)C2CCCCC2)C(C)C1. The highest BCUT2D eigenvalue weighted by Crippen LogP contribution is 2.57. The molecule has 2 fully saturated rings. The highest BCUT2D eigenvalue weighted by molar-refractivity contribution is 7.80. The summed E-state index contributed by atoms with van der Waals surface area (Å²) < 4.78 is 13.2. The summed E-state index contributed by atoms with van der Waals surface area (Å²) in [5, 5.41) is 0. The number of carbonyl (C=O) groups is 1. The summed E-state index contributed by atoms with van der Waals surface area (Å²) in [6.07, 6.45) is 7.80. The largest absolute Gasteiger partial charge is 0.316 e. The highest BCUT2D eigenvalue weighted by atomic mass is 31.2. The smallest absolute Gasteiger partial charge is 0.195 e.